The Balaban J connectivity index is 2.46. The number of hydrogen-bond donors (Lipinski definition) is 1. The molecule has 2 unspecified atom stereocenters. The maximum absolute atomic E-state index is 9.22. The van der Waals surface area contributed by atoms with Gasteiger partial charge in [-0.1, -0.05) is 20.8 Å². The first-order chi connectivity index (χ1) is 5.00. The Morgan fingerprint density at radius 2 is 2.00 bits per heavy atom. The fraction of sp³-hybridized carbons (Fsp3) is 1.00. The number of hydrogen-bond acceptors (Lipinski definition) is 2. The van der Waals surface area contributed by atoms with Gasteiger partial charge < -0.3 is 9.84 Å². The highest BCUT2D eigenvalue weighted by Crippen LogP contribution is 2.34. The molecule has 2 nitrogen and oxygen atoms in total. The first kappa shape index (κ1) is 9.01. The molecule has 0 bridgehead atoms. The summed E-state index contributed by atoms with van der Waals surface area (Å²) in [6.45, 7) is 7.37. The molecular weight excluding hydrogens is 140 g/mol. The molecule has 66 valence electrons. The number of aliphatic hydroxyl groups is 1. The SMILES string of the molecule is CC(C)(C)C1CCOC(O)C1. The van der Waals surface area contributed by atoms with E-state index in [-0.39, 0.29) is 0 Å². The van der Waals surface area contributed by atoms with E-state index in [0.29, 0.717) is 17.9 Å². The Morgan fingerprint density at radius 3 is 2.36 bits per heavy atom. The van der Waals surface area contributed by atoms with Gasteiger partial charge >= 0.3 is 0 Å². The molecule has 1 fully saturated rings. The molecular formula is C9H18O2. The molecule has 0 saturated carbocycles. The van der Waals surface area contributed by atoms with E-state index in [9.17, 15) is 5.11 Å². The van der Waals surface area contributed by atoms with Gasteiger partial charge in [0, 0.05) is 6.42 Å². The summed E-state index contributed by atoms with van der Waals surface area (Å²) in [5, 5.41) is 9.22. The zero-order chi connectivity index (χ0) is 8.48. The fourth-order valence-electron chi connectivity index (χ4n) is 1.56. The number of ether oxygens (including phenoxy) is 1. The highest BCUT2D eigenvalue weighted by atomic mass is 16.6. The predicted molar refractivity (Wildman–Crippen MR) is 44.1 cm³/mol. The standard InChI is InChI=1S/C9H18O2/c1-9(2,3)7-4-5-11-8(10)6-7/h7-8,10H,4-6H2,1-3H3. The van der Waals surface area contributed by atoms with Crippen LogP contribution < -0.4 is 0 Å². The molecule has 0 aromatic heterocycles. The van der Waals surface area contributed by atoms with Crippen molar-refractivity contribution in [3.05, 3.63) is 0 Å². The first-order valence-electron chi connectivity index (χ1n) is 4.30. The molecule has 2 heteroatoms. The van der Waals surface area contributed by atoms with Crippen LogP contribution >= 0.6 is 0 Å². The summed E-state index contributed by atoms with van der Waals surface area (Å²) in [6, 6.07) is 0. The van der Waals surface area contributed by atoms with Gasteiger partial charge in [-0.2, -0.15) is 0 Å². The summed E-state index contributed by atoms with van der Waals surface area (Å²) in [5.41, 5.74) is 0.310. The minimum absolute atomic E-state index is 0.310. The summed E-state index contributed by atoms with van der Waals surface area (Å²) in [7, 11) is 0. The molecule has 0 aliphatic carbocycles. The quantitative estimate of drug-likeness (QED) is 0.582. The smallest absolute Gasteiger partial charge is 0.154 e. The van der Waals surface area contributed by atoms with Crippen molar-refractivity contribution in [3.8, 4) is 0 Å². The molecule has 0 radical (unpaired) electrons. The molecule has 0 amide bonds. The predicted octanol–water partition coefficient (Wildman–Crippen LogP) is 1.78. The zero-order valence-corrected chi connectivity index (χ0v) is 7.63. The topological polar surface area (TPSA) is 29.5 Å². The Bertz CT molecular complexity index is 126. The average Bonchev–Trinajstić information content (AvgIpc) is 1.86. The lowest BCUT2D eigenvalue weighted by molar-refractivity contribution is -0.150. The van der Waals surface area contributed by atoms with Gasteiger partial charge in [-0.3, -0.25) is 0 Å². The van der Waals surface area contributed by atoms with E-state index in [2.05, 4.69) is 20.8 Å². The number of rotatable bonds is 0. The van der Waals surface area contributed by atoms with Crippen LogP contribution in [0.3, 0.4) is 0 Å². The molecule has 1 aliphatic heterocycles. The van der Waals surface area contributed by atoms with Gasteiger partial charge in [0.05, 0.1) is 6.61 Å². The van der Waals surface area contributed by atoms with E-state index in [0.717, 1.165) is 12.8 Å². The minimum Gasteiger partial charge on any atom is -0.368 e. The van der Waals surface area contributed by atoms with E-state index >= 15 is 0 Å². The molecule has 11 heavy (non-hydrogen) atoms. The van der Waals surface area contributed by atoms with Crippen LogP contribution in [0.15, 0.2) is 0 Å². The van der Waals surface area contributed by atoms with Gasteiger partial charge in [0.1, 0.15) is 0 Å². The Morgan fingerprint density at radius 1 is 1.36 bits per heavy atom. The van der Waals surface area contributed by atoms with Crippen LogP contribution in [-0.4, -0.2) is 18.0 Å². The highest BCUT2D eigenvalue weighted by Gasteiger charge is 2.29. The summed E-state index contributed by atoms with van der Waals surface area (Å²) in [5.74, 6) is 0.603. The second kappa shape index (κ2) is 3.11. The molecule has 1 aliphatic rings. The molecule has 1 N–H and O–H groups in total. The molecule has 1 heterocycles. The van der Waals surface area contributed by atoms with Crippen LogP contribution in [0.5, 0.6) is 0 Å². The van der Waals surface area contributed by atoms with Crippen LogP contribution in [0.4, 0.5) is 0 Å². The van der Waals surface area contributed by atoms with Crippen molar-refractivity contribution >= 4 is 0 Å². The maximum atomic E-state index is 9.22. The summed E-state index contributed by atoms with van der Waals surface area (Å²) in [4.78, 5) is 0. The molecule has 1 rings (SSSR count). The second-order valence-electron chi connectivity index (χ2n) is 4.41. The van der Waals surface area contributed by atoms with Gasteiger partial charge in [0.25, 0.3) is 0 Å². The lowest BCUT2D eigenvalue weighted by Gasteiger charge is -2.35. The third kappa shape index (κ3) is 2.46. The van der Waals surface area contributed by atoms with Crippen LogP contribution in [-0.2, 0) is 4.74 Å². The fourth-order valence-corrected chi connectivity index (χ4v) is 1.56. The van der Waals surface area contributed by atoms with E-state index in [1.54, 1.807) is 0 Å². The first-order valence-corrected chi connectivity index (χ1v) is 4.30. The minimum atomic E-state index is -0.520. The maximum Gasteiger partial charge on any atom is 0.154 e. The summed E-state index contributed by atoms with van der Waals surface area (Å²) < 4.78 is 5.06. The van der Waals surface area contributed by atoms with E-state index in [4.69, 9.17) is 4.74 Å². The number of aliphatic hydroxyl groups excluding tert-OH is 1. The van der Waals surface area contributed by atoms with Gasteiger partial charge in [0.2, 0.25) is 0 Å². The lowest BCUT2D eigenvalue weighted by Crippen LogP contribution is -2.32. The van der Waals surface area contributed by atoms with Crippen molar-refractivity contribution < 1.29 is 9.84 Å². The van der Waals surface area contributed by atoms with Crippen LogP contribution in [0.25, 0.3) is 0 Å². The van der Waals surface area contributed by atoms with Crippen molar-refractivity contribution in [1.82, 2.24) is 0 Å². The van der Waals surface area contributed by atoms with Crippen molar-refractivity contribution in [2.45, 2.75) is 39.9 Å². The molecule has 0 aromatic carbocycles. The molecule has 1 saturated heterocycles. The van der Waals surface area contributed by atoms with Gasteiger partial charge in [-0.05, 0) is 17.8 Å². The van der Waals surface area contributed by atoms with Gasteiger partial charge in [-0.15, -0.1) is 0 Å². The Kier molecular flexibility index (Phi) is 2.55. The highest BCUT2D eigenvalue weighted by molar-refractivity contribution is 4.77. The van der Waals surface area contributed by atoms with Crippen molar-refractivity contribution in [2.75, 3.05) is 6.61 Å². The average molecular weight is 158 g/mol. The zero-order valence-electron chi connectivity index (χ0n) is 7.63. The Hall–Kier alpha value is -0.0800. The third-order valence-electron chi connectivity index (χ3n) is 2.49. The second-order valence-corrected chi connectivity index (χ2v) is 4.41. The lowest BCUT2D eigenvalue weighted by atomic mass is 9.76. The summed E-state index contributed by atoms with van der Waals surface area (Å²) in [6.07, 6.45) is 1.36. The van der Waals surface area contributed by atoms with Gasteiger partial charge in [-0.25, -0.2) is 0 Å². The normalized spacial score (nSPS) is 33.8. The molecule has 0 spiro atoms. The summed E-state index contributed by atoms with van der Waals surface area (Å²) >= 11 is 0. The molecule has 0 aromatic rings. The van der Waals surface area contributed by atoms with Crippen LogP contribution in [0, 0.1) is 11.3 Å². The van der Waals surface area contributed by atoms with E-state index in [1.807, 2.05) is 0 Å². The molecule has 2 atom stereocenters. The van der Waals surface area contributed by atoms with E-state index < -0.39 is 6.29 Å². The Labute approximate surface area is 68.6 Å². The third-order valence-corrected chi connectivity index (χ3v) is 2.49. The van der Waals surface area contributed by atoms with Gasteiger partial charge in [0.15, 0.2) is 6.29 Å². The van der Waals surface area contributed by atoms with Crippen molar-refractivity contribution in [2.24, 2.45) is 11.3 Å². The van der Waals surface area contributed by atoms with Crippen molar-refractivity contribution in [1.29, 1.82) is 0 Å². The van der Waals surface area contributed by atoms with Crippen LogP contribution in [0.2, 0.25) is 0 Å². The van der Waals surface area contributed by atoms with Crippen LogP contribution in [0.1, 0.15) is 33.6 Å². The largest absolute Gasteiger partial charge is 0.368 e. The van der Waals surface area contributed by atoms with Crippen molar-refractivity contribution in [3.63, 3.8) is 0 Å². The van der Waals surface area contributed by atoms with E-state index in [1.165, 1.54) is 0 Å². The monoisotopic (exact) mass is 158 g/mol.